The molecule has 4 nitrogen and oxygen atoms in total. The van der Waals surface area contributed by atoms with Crippen molar-refractivity contribution in [1.29, 1.82) is 0 Å². The van der Waals surface area contributed by atoms with E-state index in [1.54, 1.807) is 6.08 Å². The Morgan fingerprint density at radius 3 is 2.76 bits per heavy atom. The van der Waals surface area contributed by atoms with Gasteiger partial charge < -0.3 is 9.80 Å². The number of nitrogens with zero attached hydrogens (tertiary/aromatic N) is 2. The van der Waals surface area contributed by atoms with Crippen molar-refractivity contribution in [3.05, 3.63) is 42.5 Å². The van der Waals surface area contributed by atoms with Crippen molar-refractivity contribution in [2.75, 3.05) is 23.0 Å². The summed E-state index contributed by atoms with van der Waals surface area (Å²) in [5, 5.41) is 0.699. The van der Waals surface area contributed by atoms with Crippen LogP contribution in [0.3, 0.4) is 0 Å². The molecule has 2 aliphatic heterocycles. The Bertz CT molecular complexity index is 699. The fourth-order valence-electron chi connectivity index (χ4n) is 3.21. The van der Waals surface area contributed by atoms with Crippen LogP contribution in [0.4, 0.5) is 5.69 Å². The van der Waals surface area contributed by atoms with Gasteiger partial charge in [0.15, 0.2) is 14.9 Å². The zero-order valence-electron chi connectivity index (χ0n) is 11.9. The summed E-state index contributed by atoms with van der Waals surface area (Å²) < 4.78 is 24.0. The molecule has 0 N–H and O–H groups in total. The van der Waals surface area contributed by atoms with E-state index < -0.39 is 9.84 Å². The van der Waals surface area contributed by atoms with Crippen LogP contribution in [-0.2, 0) is 9.84 Å². The zero-order chi connectivity index (χ0) is 15.2. The van der Waals surface area contributed by atoms with Crippen molar-refractivity contribution in [3.8, 4) is 0 Å². The molecule has 1 aromatic rings. The van der Waals surface area contributed by atoms with E-state index in [1.807, 2.05) is 41.0 Å². The van der Waals surface area contributed by atoms with Gasteiger partial charge in [-0.3, -0.25) is 0 Å². The van der Waals surface area contributed by atoms with Crippen molar-refractivity contribution < 1.29 is 8.42 Å². The number of hydrogen-bond acceptors (Lipinski definition) is 3. The number of sulfone groups is 1. The molecular weight excluding hydrogens is 304 g/mol. The van der Waals surface area contributed by atoms with E-state index in [-0.39, 0.29) is 23.6 Å². The predicted molar refractivity (Wildman–Crippen MR) is 89.4 cm³/mol. The third-order valence-corrected chi connectivity index (χ3v) is 6.21. The molecule has 6 heteroatoms. The quantitative estimate of drug-likeness (QED) is 0.626. The lowest BCUT2D eigenvalue weighted by molar-refractivity contribution is 0.389. The van der Waals surface area contributed by atoms with Gasteiger partial charge in [0.25, 0.3) is 0 Å². The molecule has 0 spiro atoms. The summed E-state index contributed by atoms with van der Waals surface area (Å²) in [5.41, 5.74) is 2.11. The maximum Gasteiger partial charge on any atom is 0.177 e. The fraction of sp³-hybridized carbons (Fsp3) is 0.400. The van der Waals surface area contributed by atoms with Gasteiger partial charge in [0.1, 0.15) is 0 Å². The Morgan fingerprint density at radius 2 is 2.10 bits per heavy atom. The molecule has 2 fully saturated rings. The van der Waals surface area contributed by atoms with E-state index in [9.17, 15) is 8.42 Å². The summed E-state index contributed by atoms with van der Waals surface area (Å²) in [5.74, 6) is 0.341. The van der Waals surface area contributed by atoms with Gasteiger partial charge in [0.05, 0.1) is 23.6 Å². The van der Waals surface area contributed by atoms with E-state index in [0.717, 1.165) is 11.3 Å². The van der Waals surface area contributed by atoms with E-state index in [2.05, 4.69) is 6.58 Å². The number of hydrogen-bond donors (Lipinski definition) is 0. The highest BCUT2D eigenvalue weighted by Crippen LogP contribution is 2.35. The van der Waals surface area contributed by atoms with Gasteiger partial charge in [-0.05, 0) is 36.8 Å². The Kier molecular flexibility index (Phi) is 3.53. The molecule has 0 aliphatic carbocycles. The third-order valence-electron chi connectivity index (χ3n) is 4.08. The molecule has 112 valence electrons. The van der Waals surface area contributed by atoms with Crippen LogP contribution in [0.25, 0.3) is 0 Å². The van der Waals surface area contributed by atoms with Crippen LogP contribution >= 0.6 is 12.2 Å². The van der Waals surface area contributed by atoms with Gasteiger partial charge in [-0.2, -0.15) is 0 Å². The number of aryl methyl sites for hydroxylation is 1. The van der Waals surface area contributed by atoms with Crippen LogP contribution in [0.15, 0.2) is 36.9 Å². The van der Waals surface area contributed by atoms with Gasteiger partial charge in [0, 0.05) is 12.2 Å². The molecule has 21 heavy (non-hydrogen) atoms. The van der Waals surface area contributed by atoms with Crippen molar-refractivity contribution in [2.45, 2.75) is 19.0 Å². The first kappa shape index (κ1) is 14.5. The molecule has 0 bridgehead atoms. The Hall–Kier alpha value is -1.40. The van der Waals surface area contributed by atoms with Crippen molar-refractivity contribution in [2.24, 2.45) is 0 Å². The predicted octanol–water partition coefficient (Wildman–Crippen LogP) is 1.75. The number of fused-ring (bicyclic) bond motifs is 1. The van der Waals surface area contributed by atoms with E-state index in [0.29, 0.717) is 11.7 Å². The smallest absolute Gasteiger partial charge is 0.177 e. The molecule has 0 saturated carbocycles. The molecule has 1 aromatic carbocycles. The molecule has 2 heterocycles. The highest BCUT2D eigenvalue weighted by atomic mass is 32.2. The number of anilines is 1. The Balaban J connectivity index is 2.03. The summed E-state index contributed by atoms with van der Waals surface area (Å²) >= 11 is 5.59. The minimum Gasteiger partial charge on any atom is -0.339 e. The van der Waals surface area contributed by atoms with Crippen LogP contribution in [0.2, 0.25) is 0 Å². The SMILES string of the molecule is C=CCN1C(=S)N(c2cccc(C)c2)[C@@H]2CS(=O)(=O)C[C@H]21. The minimum absolute atomic E-state index is 0.0685. The van der Waals surface area contributed by atoms with Gasteiger partial charge in [-0.25, -0.2) is 8.42 Å². The monoisotopic (exact) mass is 322 g/mol. The molecule has 2 atom stereocenters. The summed E-state index contributed by atoms with van der Waals surface area (Å²) in [4.78, 5) is 3.99. The molecular formula is C15H18N2O2S2. The van der Waals surface area contributed by atoms with Crippen LogP contribution in [0.5, 0.6) is 0 Å². The van der Waals surface area contributed by atoms with E-state index >= 15 is 0 Å². The minimum atomic E-state index is -3.01. The lowest BCUT2D eigenvalue weighted by atomic mass is 10.1. The molecule has 2 saturated heterocycles. The van der Waals surface area contributed by atoms with Gasteiger partial charge in [0.2, 0.25) is 0 Å². The summed E-state index contributed by atoms with van der Waals surface area (Å²) in [7, 11) is -3.01. The lowest BCUT2D eigenvalue weighted by Crippen LogP contribution is -2.37. The second-order valence-electron chi connectivity index (χ2n) is 5.64. The summed E-state index contributed by atoms with van der Waals surface area (Å²) in [6.45, 7) is 6.35. The number of rotatable bonds is 3. The normalized spacial score (nSPS) is 27.0. The Labute approximate surface area is 131 Å². The fourth-order valence-corrected chi connectivity index (χ4v) is 5.61. The maximum atomic E-state index is 12.0. The van der Waals surface area contributed by atoms with Gasteiger partial charge in [-0.1, -0.05) is 18.2 Å². The second kappa shape index (κ2) is 5.10. The molecule has 0 radical (unpaired) electrons. The number of benzene rings is 1. The third kappa shape index (κ3) is 2.46. The molecule has 2 aliphatic rings. The standard InChI is InChI=1S/C15H18N2O2S2/c1-3-7-16-13-9-21(18,19)10-14(13)17(15(16)20)12-6-4-5-11(2)8-12/h3-6,8,13-14H,1,7,9-10H2,2H3/t13-,14-/m1/s1. The second-order valence-corrected chi connectivity index (χ2v) is 8.16. The lowest BCUT2D eigenvalue weighted by Gasteiger charge is -2.25. The highest BCUT2D eigenvalue weighted by molar-refractivity contribution is 7.91. The molecule has 3 rings (SSSR count). The van der Waals surface area contributed by atoms with Crippen LogP contribution in [0, 0.1) is 6.92 Å². The van der Waals surface area contributed by atoms with Gasteiger partial charge in [-0.15, -0.1) is 6.58 Å². The highest BCUT2D eigenvalue weighted by Gasteiger charge is 2.51. The zero-order valence-corrected chi connectivity index (χ0v) is 13.5. The van der Waals surface area contributed by atoms with Crippen molar-refractivity contribution in [1.82, 2.24) is 4.90 Å². The van der Waals surface area contributed by atoms with E-state index in [4.69, 9.17) is 12.2 Å². The summed E-state index contributed by atoms with van der Waals surface area (Å²) in [6, 6.07) is 7.87. The average molecular weight is 322 g/mol. The van der Waals surface area contributed by atoms with Gasteiger partial charge >= 0.3 is 0 Å². The summed E-state index contributed by atoms with van der Waals surface area (Å²) in [6.07, 6.45) is 1.77. The van der Waals surface area contributed by atoms with Crippen molar-refractivity contribution in [3.63, 3.8) is 0 Å². The Morgan fingerprint density at radius 1 is 1.38 bits per heavy atom. The first-order valence-corrected chi connectivity index (χ1v) is 9.14. The molecule has 0 unspecified atom stereocenters. The van der Waals surface area contributed by atoms with Crippen LogP contribution in [0.1, 0.15) is 5.56 Å². The topological polar surface area (TPSA) is 40.6 Å². The largest absolute Gasteiger partial charge is 0.339 e. The first-order valence-electron chi connectivity index (χ1n) is 6.91. The van der Waals surface area contributed by atoms with Crippen LogP contribution in [-0.4, -0.2) is 48.6 Å². The van der Waals surface area contributed by atoms with Crippen LogP contribution < -0.4 is 4.90 Å². The number of thiocarbonyl (C=S) groups is 1. The van der Waals surface area contributed by atoms with E-state index in [1.165, 1.54) is 0 Å². The first-order chi connectivity index (χ1) is 9.93. The van der Waals surface area contributed by atoms with Crippen molar-refractivity contribution >= 4 is 32.9 Å². The maximum absolute atomic E-state index is 12.0. The average Bonchev–Trinajstić information content (AvgIpc) is 2.82. The molecule has 0 amide bonds. The molecule has 0 aromatic heterocycles.